The van der Waals surface area contributed by atoms with Crippen LogP contribution in [0.3, 0.4) is 0 Å². The van der Waals surface area contributed by atoms with Crippen molar-refractivity contribution in [1.82, 2.24) is 0 Å². The molecule has 1 fully saturated rings. The van der Waals surface area contributed by atoms with Gasteiger partial charge >= 0.3 is 0 Å². The second-order valence-corrected chi connectivity index (χ2v) is 7.60. The van der Waals surface area contributed by atoms with Crippen LogP contribution in [0.1, 0.15) is 34.1 Å². The van der Waals surface area contributed by atoms with E-state index >= 15 is 0 Å². The molecule has 1 rings (SSSR count). The fourth-order valence-electron chi connectivity index (χ4n) is 2.26. The highest BCUT2D eigenvalue weighted by atomic mass is 32.2. The minimum Gasteiger partial charge on any atom is -0.299 e. The Hall–Kier alpha value is 0.0400. The summed E-state index contributed by atoms with van der Waals surface area (Å²) >= 11 is 3.41. The van der Waals surface area contributed by atoms with Crippen LogP contribution in [-0.2, 0) is 9.59 Å². The van der Waals surface area contributed by atoms with Crippen molar-refractivity contribution in [2.24, 2.45) is 11.8 Å². The van der Waals surface area contributed by atoms with Crippen LogP contribution in [0.2, 0.25) is 0 Å². The third-order valence-corrected chi connectivity index (χ3v) is 5.96. The van der Waals surface area contributed by atoms with Crippen molar-refractivity contribution in [1.29, 1.82) is 0 Å². The molecule has 0 radical (unpaired) electrons. The fourth-order valence-corrected chi connectivity index (χ4v) is 5.61. The highest BCUT2D eigenvalue weighted by Gasteiger charge is 2.49. The van der Waals surface area contributed by atoms with E-state index in [1.165, 1.54) is 0 Å². The predicted octanol–water partition coefficient (Wildman–Crippen LogP) is 3.00. The first kappa shape index (κ1) is 14.1. The number of thioether (sulfide) groups is 2. The van der Waals surface area contributed by atoms with E-state index in [0.29, 0.717) is 6.42 Å². The molecule has 92 valence electrons. The number of rotatable bonds is 4. The summed E-state index contributed by atoms with van der Waals surface area (Å²) in [5.41, 5.74) is 0. The summed E-state index contributed by atoms with van der Waals surface area (Å²) in [4.78, 5) is 24.1. The van der Waals surface area contributed by atoms with Gasteiger partial charge in [0.15, 0.2) is 5.78 Å². The van der Waals surface area contributed by atoms with Crippen LogP contribution in [0, 0.1) is 11.8 Å². The van der Waals surface area contributed by atoms with E-state index < -0.39 is 5.92 Å². The number of carbonyl (C=O) groups excluding carboxylic acids is 2. The molecule has 16 heavy (non-hydrogen) atoms. The lowest BCUT2D eigenvalue weighted by atomic mass is 9.80. The van der Waals surface area contributed by atoms with Crippen molar-refractivity contribution in [3.05, 3.63) is 0 Å². The average molecular weight is 260 g/mol. The van der Waals surface area contributed by atoms with Gasteiger partial charge in [-0.15, -0.1) is 23.5 Å². The molecule has 0 spiro atoms. The normalized spacial score (nSPS) is 29.5. The van der Waals surface area contributed by atoms with Crippen molar-refractivity contribution in [2.45, 2.75) is 38.2 Å². The second kappa shape index (κ2) is 5.58. The monoisotopic (exact) mass is 260 g/mol. The first-order chi connectivity index (χ1) is 7.48. The number of hydrogen-bond acceptors (Lipinski definition) is 4. The maximum Gasteiger partial charge on any atom is 0.169 e. The molecule has 2 unspecified atom stereocenters. The molecule has 0 aliphatic heterocycles. The summed E-state index contributed by atoms with van der Waals surface area (Å²) in [7, 11) is 0. The molecule has 0 N–H and O–H groups in total. The van der Waals surface area contributed by atoms with Gasteiger partial charge in [0.25, 0.3) is 0 Å². The topological polar surface area (TPSA) is 34.1 Å². The molecule has 0 aromatic rings. The molecule has 1 saturated carbocycles. The van der Waals surface area contributed by atoms with Gasteiger partial charge in [0.05, 0.1) is 5.92 Å². The first-order valence-electron chi connectivity index (χ1n) is 5.84. The quantitative estimate of drug-likeness (QED) is 0.575. The van der Waals surface area contributed by atoms with E-state index in [-0.39, 0.29) is 21.6 Å². The van der Waals surface area contributed by atoms with Crippen LogP contribution in [0.25, 0.3) is 0 Å². The summed E-state index contributed by atoms with van der Waals surface area (Å²) in [6.45, 7) is 7.86. The Morgan fingerprint density at radius 3 is 2.12 bits per heavy atom. The Labute approximate surface area is 106 Å². The minimum atomic E-state index is -0.415. The number of ketones is 2. The molecule has 0 aromatic heterocycles. The van der Waals surface area contributed by atoms with Crippen LogP contribution in [0.4, 0.5) is 0 Å². The molecule has 0 aromatic carbocycles. The van der Waals surface area contributed by atoms with Crippen LogP contribution in [0.15, 0.2) is 0 Å². The minimum absolute atomic E-state index is 0.0193. The van der Waals surface area contributed by atoms with Crippen molar-refractivity contribution in [3.8, 4) is 0 Å². The highest BCUT2D eigenvalue weighted by molar-refractivity contribution is 8.19. The van der Waals surface area contributed by atoms with Crippen molar-refractivity contribution in [2.75, 3.05) is 11.5 Å². The van der Waals surface area contributed by atoms with Crippen LogP contribution in [0.5, 0.6) is 0 Å². The van der Waals surface area contributed by atoms with Gasteiger partial charge in [-0.2, -0.15) is 0 Å². The lowest BCUT2D eigenvalue weighted by molar-refractivity contribution is -0.137. The van der Waals surface area contributed by atoms with Gasteiger partial charge in [-0.1, -0.05) is 20.8 Å². The Morgan fingerprint density at radius 1 is 1.19 bits per heavy atom. The zero-order valence-corrected chi connectivity index (χ0v) is 12.0. The molecule has 2 atom stereocenters. The smallest absolute Gasteiger partial charge is 0.169 e. The summed E-state index contributed by atoms with van der Waals surface area (Å²) < 4.78 is -0.365. The summed E-state index contributed by atoms with van der Waals surface area (Å²) in [6.07, 6.45) is 0.700. The van der Waals surface area contributed by atoms with Crippen LogP contribution >= 0.6 is 23.5 Å². The van der Waals surface area contributed by atoms with E-state index in [9.17, 15) is 9.59 Å². The van der Waals surface area contributed by atoms with Crippen LogP contribution < -0.4 is 0 Å². The molecule has 4 heteroatoms. The Bertz CT molecular complexity index is 283. The first-order valence-corrected chi connectivity index (χ1v) is 7.81. The number of Topliss-reactive ketones (excluding diaryl/α,β-unsaturated/α-hetero) is 2. The molecular weight excluding hydrogens is 240 g/mol. The molecule has 1 aliphatic carbocycles. The SMILES string of the molecule is CCSC1(SCC)CC(C)C(=O)C(C)C1=O. The molecule has 0 saturated heterocycles. The van der Waals surface area contributed by atoms with Gasteiger partial charge in [0.1, 0.15) is 9.86 Å². The lowest BCUT2D eigenvalue weighted by Crippen LogP contribution is -2.48. The van der Waals surface area contributed by atoms with E-state index in [1.807, 2.05) is 6.92 Å². The summed E-state index contributed by atoms with van der Waals surface area (Å²) in [6, 6.07) is 0. The standard InChI is InChI=1S/C12H20O2S2/c1-5-15-12(16-6-2)7-8(3)10(13)9(4)11(12)14/h8-9H,5-7H2,1-4H3. The molecule has 1 aliphatic rings. The number of hydrogen-bond donors (Lipinski definition) is 0. The third kappa shape index (κ3) is 2.48. The average Bonchev–Trinajstić information content (AvgIpc) is 2.24. The zero-order valence-electron chi connectivity index (χ0n) is 10.4. The fraction of sp³-hybridized carbons (Fsp3) is 0.833. The van der Waals surface area contributed by atoms with Crippen LogP contribution in [-0.4, -0.2) is 27.2 Å². The highest BCUT2D eigenvalue weighted by Crippen LogP contribution is 2.48. The number of carbonyl (C=O) groups is 2. The van der Waals surface area contributed by atoms with Crippen molar-refractivity contribution < 1.29 is 9.59 Å². The van der Waals surface area contributed by atoms with Gasteiger partial charge in [-0.3, -0.25) is 9.59 Å². The molecule has 0 heterocycles. The predicted molar refractivity (Wildman–Crippen MR) is 72.0 cm³/mol. The van der Waals surface area contributed by atoms with Gasteiger partial charge in [0.2, 0.25) is 0 Å². The Kier molecular flexibility index (Phi) is 4.92. The molecular formula is C12H20O2S2. The van der Waals surface area contributed by atoms with Crippen molar-refractivity contribution in [3.63, 3.8) is 0 Å². The van der Waals surface area contributed by atoms with E-state index in [2.05, 4.69) is 13.8 Å². The van der Waals surface area contributed by atoms with Gasteiger partial charge in [-0.25, -0.2) is 0 Å². The maximum atomic E-state index is 12.3. The van der Waals surface area contributed by atoms with E-state index in [0.717, 1.165) is 11.5 Å². The second-order valence-electron chi connectivity index (χ2n) is 4.21. The van der Waals surface area contributed by atoms with E-state index in [1.54, 1.807) is 30.4 Å². The van der Waals surface area contributed by atoms with Gasteiger partial charge in [-0.05, 0) is 24.9 Å². The molecule has 2 nitrogen and oxygen atoms in total. The molecule has 0 bridgehead atoms. The molecule has 0 amide bonds. The summed E-state index contributed by atoms with van der Waals surface area (Å²) in [5.74, 6) is 1.70. The zero-order chi connectivity index (χ0) is 12.3. The maximum absolute atomic E-state index is 12.3. The summed E-state index contributed by atoms with van der Waals surface area (Å²) in [5, 5.41) is 0. The van der Waals surface area contributed by atoms with Gasteiger partial charge < -0.3 is 0 Å². The van der Waals surface area contributed by atoms with Crippen molar-refractivity contribution >= 4 is 35.1 Å². The Morgan fingerprint density at radius 2 is 1.69 bits per heavy atom. The van der Waals surface area contributed by atoms with E-state index in [4.69, 9.17) is 0 Å². The third-order valence-electron chi connectivity index (χ3n) is 3.01. The Balaban J connectivity index is 2.98. The largest absolute Gasteiger partial charge is 0.299 e. The van der Waals surface area contributed by atoms with Gasteiger partial charge in [0, 0.05) is 5.92 Å². The lowest BCUT2D eigenvalue weighted by Gasteiger charge is -2.39.